The van der Waals surface area contributed by atoms with Gasteiger partial charge in [-0.1, -0.05) is 32.0 Å². The van der Waals surface area contributed by atoms with Crippen molar-refractivity contribution in [2.75, 3.05) is 5.43 Å². The second-order valence-electron chi connectivity index (χ2n) is 6.71. The van der Waals surface area contributed by atoms with E-state index in [1.165, 1.54) is 29.5 Å². The quantitative estimate of drug-likeness (QED) is 0.418. The van der Waals surface area contributed by atoms with Gasteiger partial charge in [0.25, 0.3) is 5.91 Å². The Labute approximate surface area is 175 Å². The largest absolute Gasteiger partial charge is 0.298 e. The van der Waals surface area contributed by atoms with Gasteiger partial charge in [0, 0.05) is 11.0 Å². The first-order valence-corrected chi connectivity index (χ1v) is 11.5. The highest BCUT2D eigenvalue weighted by atomic mass is 32.2. The van der Waals surface area contributed by atoms with E-state index in [0.29, 0.717) is 11.6 Å². The molecule has 0 saturated heterocycles. The number of rotatable bonds is 7. The lowest BCUT2D eigenvalue weighted by Crippen LogP contribution is -2.27. The van der Waals surface area contributed by atoms with Crippen molar-refractivity contribution < 1.29 is 13.2 Å². The van der Waals surface area contributed by atoms with Gasteiger partial charge in [0.2, 0.25) is 9.84 Å². The molecule has 1 heterocycles. The molecule has 0 fully saturated rings. The van der Waals surface area contributed by atoms with Crippen molar-refractivity contribution in [2.24, 2.45) is 0 Å². The van der Waals surface area contributed by atoms with Crippen molar-refractivity contribution in [3.05, 3.63) is 82.6 Å². The van der Waals surface area contributed by atoms with E-state index in [-0.39, 0.29) is 15.7 Å². The average Bonchev–Trinajstić information content (AvgIpc) is 3.25. The van der Waals surface area contributed by atoms with E-state index in [1.807, 2.05) is 29.6 Å². The van der Waals surface area contributed by atoms with Crippen LogP contribution in [0.3, 0.4) is 0 Å². The van der Waals surface area contributed by atoms with Crippen LogP contribution in [0.25, 0.3) is 6.08 Å². The van der Waals surface area contributed by atoms with Crippen molar-refractivity contribution in [1.82, 2.24) is 5.43 Å². The standard InChI is InChI=1S/C22H22N2O3S2/c1-16(2)17-5-10-20(11-6-17)29(26,27)21-12-7-18(8-13-21)23-24-22(25)14-9-19-4-3-15-28-19/h3-16,23H,1-2H3,(H,24,25). The first-order valence-electron chi connectivity index (χ1n) is 9.09. The number of anilines is 1. The van der Waals surface area contributed by atoms with Gasteiger partial charge in [0.05, 0.1) is 15.5 Å². The third-order valence-corrected chi connectivity index (χ3v) is 6.92. The molecule has 0 saturated carbocycles. The summed E-state index contributed by atoms with van der Waals surface area (Å²) in [5, 5.41) is 1.93. The lowest BCUT2D eigenvalue weighted by Gasteiger charge is -2.10. The van der Waals surface area contributed by atoms with Crippen LogP contribution in [0.2, 0.25) is 0 Å². The van der Waals surface area contributed by atoms with E-state index in [0.717, 1.165) is 10.4 Å². The normalized spacial score (nSPS) is 11.7. The maximum atomic E-state index is 12.8. The summed E-state index contributed by atoms with van der Waals surface area (Å²) in [7, 11) is -3.59. The lowest BCUT2D eigenvalue weighted by atomic mass is 10.0. The Morgan fingerprint density at radius 3 is 2.14 bits per heavy atom. The molecule has 3 aromatic rings. The molecule has 0 aliphatic carbocycles. The maximum absolute atomic E-state index is 12.8. The van der Waals surface area contributed by atoms with Crippen LogP contribution in [0, 0.1) is 0 Å². The Balaban J connectivity index is 1.63. The number of carbonyl (C=O) groups is 1. The van der Waals surface area contributed by atoms with E-state index in [2.05, 4.69) is 24.7 Å². The fourth-order valence-electron chi connectivity index (χ4n) is 2.60. The number of thiophene rings is 1. The van der Waals surface area contributed by atoms with Crippen molar-refractivity contribution in [3.63, 3.8) is 0 Å². The van der Waals surface area contributed by atoms with Gasteiger partial charge in [-0.25, -0.2) is 8.42 Å². The minimum absolute atomic E-state index is 0.198. The molecule has 29 heavy (non-hydrogen) atoms. The Bertz CT molecular complexity index is 1080. The molecule has 5 nitrogen and oxygen atoms in total. The Morgan fingerprint density at radius 2 is 1.59 bits per heavy atom. The van der Waals surface area contributed by atoms with Gasteiger partial charge < -0.3 is 0 Å². The smallest absolute Gasteiger partial charge is 0.262 e. The third-order valence-electron chi connectivity index (χ3n) is 4.29. The molecule has 0 atom stereocenters. The zero-order valence-corrected chi connectivity index (χ0v) is 17.8. The van der Waals surface area contributed by atoms with Crippen LogP contribution in [0.15, 0.2) is 81.9 Å². The lowest BCUT2D eigenvalue weighted by molar-refractivity contribution is -0.115. The second kappa shape index (κ2) is 9.07. The number of hydrogen-bond acceptors (Lipinski definition) is 5. The van der Waals surface area contributed by atoms with Crippen LogP contribution >= 0.6 is 11.3 Å². The zero-order valence-electron chi connectivity index (χ0n) is 16.1. The van der Waals surface area contributed by atoms with Crippen LogP contribution in [0.1, 0.15) is 30.2 Å². The molecule has 7 heteroatoms. The van der Waals surface area contributed by atoms with Crippen LogP contribution in [0.5, 0.6) is 0 Å². The first-order chi connectivity index (χ1) is 13.9. The monoisotopic (exact) mass is 426 g/mol. The number of hydrazine groups is 1. The summed E-state index contributed by atoms with van der Waals surface area (Å²) in [6.45, 7) is 4.12. The van der Waals surface area contributed by atoms with Gasteiger partial charge in [-0.15, -0.1) is 11.3 Å². The Morgan fingerprint density at radius 1 is 0.966 bits per heavy atom. The fraction of sp³-hybridized carbons (Fsp3) is 0.136. The summed E-state index contributed by atoms with van der Waals surface area (Å²) >= 11 is 1.54. The summed E-state index contributed by atoms with van der Waals surface area (Å²) in [4.78, 5) is 13.3. The third kappa shape index (κ3) is 5.34. The van der Waals surface area contributed by atoms with E-state index in [1.54, 1.807) is 30.3 Å². The van der Waals surface area contributed by atoms with E-state index >= 15 is 0 Å². The molecule has 0 aliphatic rings. The molecule has 150 valence electrons. The van der Waals surface area contributed by atoms with Gasteiger partial charge in [0.15, 0.2) is 0 Å². The molecule has 0 spiro atoms. The van der Waals surface area contributed by atoms with E-state index < -0.39 is 9.84 Å². The van der Waals surface area contributed by atoms with Gasteiger partial charge in [-0.2, -0.15) is 0 Å². The SMILES string of the molecule is CC(C)c1ccc(S(=O)(=O)c2ccc(NNC(=O)C=Cc3cccs3)cc2)cc1. The molecule has 0 bridgehead atoms. The number of benzene rings is 2. The van der Waals surface area contributed by atoms with Crippen LogP contribution in [-0.4, -0.2) is 14.3 Å². The molecule has 1 aromatic heterocycles. The molecule has 2 aromatic carbocycles. The van der Waals surface area contributed by atoms with Crippen molar-refractivity contribution in [3.8, 4) is 0 Å². The highest BCUT2D eigenvalue weighted by Crippen LogP contribution is 2.24. The van der Waals surface area contributed by atoms with Crippen molar-refractivity contribution in [2.45, 2.75) is 29.6 Å². The highest BCUT2D eigenvalue weighted by molar-refractivity contribution is 7.91. The number of hydrogen-bond donors (Lipinski definition) is 2. The Kier molecular flexibility index (Phi) is 6.51. The van der Waals surface area contributed by atoms with Gasteiger partial charge in [-0.05, 0) is 65.4 Å². The molecule has 0 unspecified atom stereocenters. The summed E-state index contributed by atoms with van der Waals surface area (Å²) in [6.07, 6.45) is 3.15. The Hall–Kier alpha value is -2.90. The average molecular weight is 427 g/mol. The summed E-state index contributed by atoms with van der Waals surface area (Å²) in [5.41, 5.74) is 6.99. The fourth-order valence-corrected chi connectivity index (χ4v) is 4.48. The molecule has 0 aliphatic heterocycles. The molecule has 0 radical (unpaired) electrons. The predicted octanol–water partition coefficient (Wildman–Crippen LogP) is 4.86. The van der Waals surface area contributed by atoms with Crippen LogP contribution in [0.4, 0.5) is 5.69 Å². The molecular weight excluding hydrogens is 404 g/mol. The van der Waals surface area contributed by atoms with Crippen LogP contribution in [-0.2, 0) is 14.6 Å². The number of nitrogens with one attached hydrogen (secondary N) is 2. The van der Waals surface area contributed by atoms with E-state index in [4.69, 9.17) is 0 Å². The molecular formula is C22H22N2O3S2. The molecule has 2 N–H and O–H groups in total. The topological polar surface area (TPSA) is 75.3 Å². The summed E-state index contributed by atoms with van der Waals surface area (Å²) in [6, 6.07) is 17.0. The van der Waals surface area contributed by atoms with E-state index in [9.17, 15) is 13.2 Å². The van der Waals surface area contributed by atoms with Crippen LogP contribution < -0.4 is 10.9 Å². The predicted molar refractivity (Wildman–Crippen MR) is 118 cm³/mol. The highest BCUT2D eigenvalue weighted by Gasteiger charge is 2.17. The molecule has 3 rings (SSSR count). The summed E-state index contributed by atoms with van der Waals surface area (Å²) in [5.74, 6) is 0.0350. The minimum Gasteiger partial charge on any atom is -0.298 e. The summed E-state index contributed by atoms with van der Waals surface area (Å²) < 4.78 is 25.6. The maximum Gasteiger partial charge on any atom is 0.262 e. The van der Waals surface area contributed by atoms with Crippen molar-refractivity contribution in [1.29, 1.82) is 0 Å². The van der Waals surface area contributed by atoms with Crippen molar-refractivity contribution >= 4 is 38.8 Å². The number of amides is 1. The van der Waals surface area contributed by atoms with Gasteiger partial charge in [0.1, 0.15) is 0 Å². The second-order valence-corrected chi connectivity index (χ2v) is 9.64. The van der Waals surface area contributed by atoms with Gasteiger partial charge in [-0.3, -0.25) is 15.6 Å². The first kappa shape index (κ1) is 20.8. The van der Waals surface area contributed by atoms with Gasteiger partial charge >= 0.3 is 0 Å². The molecule has 1 amide bonds. The number of carbonyl (C=O) groups excluding carboxylic acids is 1. The minimum atomic E-state index is -3.59. The zero-order chi connectivity index (χ0) is 20.9. The number of sulfone groups is 1.